The second kappa shape index (κ2) is 4.67. The van der Waals surface area contributed by atoms with Crippen LogP contribution in [0.3, 0.4) is 0 Å². The van der Waals surface area contributed by atoms with E-state index in [1.54, 1.807) is 6.08 Å². The Bertz CT molecular complexity index is 329. The summed E-state index contributed by atoms with van der Waals surface area (Å²) in [6, 6.07) is 3.05. The molecular weight excluding hydrogens is 224 g/mol. The molecule has 0 radical (unpaired) electrons. The molecule has 0 amide bonds. The fourth-order valence-electron chi connectivity index (χ4n) is 0.961. The fourth-order valence-corrected chi connectivity index (χ4v) is 1.45. The maximum atomic E-state index is 13.0. The highest BCUT2D eigenvalue weighted by Gasteiger charge is 2.07. The summed E-state index contributed by atoms with van der Waals surface area (Å²) in [5.74, 6) is -0.592. The molecule has 0 spiro atoms. The van der Waals surface area contributed by atoms with Crippen LogP contribution in [0.5, 0.6) is 0 Å². The van der Waals surface area contributed by atoms with E-state index < -0.39 is 5.82 Å². The first-order valence-electron chi connectivity index (χ1n) is 4.08. The number of nitrogens with one attached hydrogen (secondary N) is 1. The molecule has 0 saturated heterocycles. The maximum Gasteiger partial charge on any atom is 0.160 e. The Labute approximate surface area is 92.5 Å². The lowest BCUT2D eigenvalue weighted by atomic mass is 10.2. The van der Waals surface area contributed by atoms with Gasteiger partial charge in [-0.15, -0.1) is 6.58 Å². The van der Waals surface area contributed by atoms with E-state index in [4.69, 9.17) is 23.2 Å². The Kier molecular flexibility index (Phi) is 3.78. The Balaban J connectivity index is 2.95. The predicted octanol–water partition coefficient (Wildman–Crippen LogP) is 4.12. The van der Waals surface area contributed by atoms with E-state index in [1.807, 2.05) is 6.92 Å². The van der Waals surface area contributed by atoms with E-state index in [9.17, 15) is 4.39 Å². The zero-order chi connectivity index (χ0) is 10.7. The van der Waals surface area contributed by atoms with Gasteiger partial charge in [-0.1, -0.05) is 29.3 Å². The molecule has 0 aliphatic rings. The minimum Gasteiger partial charge on any atom is -0.379 e. The van der Waals surface area contributed by atoms with Crippen molar-refractivity contribution in [3.63, 3.8) is 0 Å². The summed E-state index contributed by atoms with van der Waals surface area (Å²) < 4.78 is 13.0. The smallest absolute Gasteiger partial charge is 0.160 e. The van der Waals surface area contributed by atoms with Gasteiger partial charge in [-0.25, -0.2) is 4.39 Å². The molecular formula is C10H10Cl2FN. The van der Waals surface area contributed by atoms with Gasteiger partial charge in [0.1, 0.15) is 0 Å². The summed E-state index contributed by atoms with van der Waals surface area (Å²) in [5, 5.41) is 3.07. The molecule has 1 rings (SSSR count). The lowest BCUT2D eigenvalue weighted by Gasteiger charge is -2.11. The number of hydrogen-bond donors (Lipinski definition) is 1. The second-order valence-corrected chi connectivity index (χ2v) is 3.74. The topological polar surface area (TPSA) is 12.0 Å². The minimum atomic E-state index is -0.592. The number of halogens is 3. The third kappa shape index (κ3) is 2.63. The third-order valence-corrected chi connectivity index (χ3v) is 2.28. The molecule has 1 unspecified atom stereocenters. The summed E-state index contributed by atoms with van der Waals surface area (Å²) in [7, 11) is 0. The van der Waals surface area contributed by atoms with Crippen molar-refractivity contribution in [2.24, 2.45) is 0 Å². The lowest BCUT2D eigenvalue weighted by Crippen LogP contribution is -2.11. The predicted molar refractivity (Wildman–Crippen MR) is 59.7 cm³/mol. The summed E-state index contributed by atoms with van der Waals surface area (Å²) in [4.78, 5) is 0. The average Bonchev–Trinajstić information content (AvgIpc) is 2.14. The molecule has 0 aliphatic heterocycles. The quantitative estimate of drug-likeness (QED) is 0.612. The van der Waals surface area contributed by atoms with Crippen LogP contribution in [0.15, 0.2) is 24.8 Å². The van der Waals surface area contributed by atoms with Crippen molar-refractivity contribution in [3.8, 4) is 0 Å². The molecule has 1 aromatic rings. The first kappa shape index (κ1) is 11.3. The van der Waals surface area contributed by atoms with Crippen molar-refractivity contribution in [2.75, 3.05) is 5.32 Å². The van der Waals surface area contributed by atoms with Gasteiger partial charge in [0.25, 0.3) is 0 Å². The molecule has 4 heteroatoms. The molecule has 0 saturated carbocycles. The van der Waals surface area contributed by atoms with Gasteiger partial charge in [0.05, 0.1) is 10.0 Å². The molecule has 1 atom stereocenters. The molecule has 0 aromatic heterocycles. The zero-order valence-corrected chi connectivity index (χ0v) is 9.16. The van der Waals surface area contributed by atoms with Crippen molar-refractivity contribution < 1.29 is 4.39 Å². The highest BCUT2D eigenvalue weighted by Crippen LogP contribution is 2.27. The van der Waals surface area contributed by atoms with Crippen LogP contribution >= 0.6 is 23.2 Å². The first-order valence-corrected chi connectivity index (χ1v) is 4.84. The van der Waals surface area contributed by atoms with Crippen LogP contribution in [0.4, 0.5) is 10.1 Å². The van der Waals surface area contributed by atoms with Gasteiger partial charge in [-0.05, 0) is 19.1 Å². The maximum absolute atomic E-state index is 13.0. The van der Waals surface area contributed by atoms with Crippen molar-refractivity contribution in [1.82, 2.24) is 0 Å². The van der Waals surface area contributed by atoms with Crippen molar-refractivity contribution in [3.05, 3.63) is 40.7 Å². The normalized spacial score (nSPS) is 12.3. The van der Waals surface area contributed by atoms with Crippen LogP contribution in [0.1, 0.15) is 6.92 Å². The van der Waals surface area contributed by atoms with Gasteiger partial charge < -0.3 is 5.32 Å². The summed E-state index contributed by atoms with van der Waals surface area (Å²) in [5.41, 5.74) is 0.675. The number of benzene rings is 1. The number of rotatable bonds is 3. The van der Waals surface area contributed by atoms with Crippen LogP contribution in [0.25, 0.3) is 0 Å². The van der Waals surface area contributed by atoms with E-state index >= 15 is 0 Å². The van der Waals surface area contributed by atoms with Crippen LogP contribution in [0.2, 0.25) is 10.0 Å². The Morgan fingerprint density at radius 2 is 1.93 bits per heavy atom. The Hall–Kier alpha value is -0.730. The van der Waals surface area contributed by atoms with E-state index in [2.05, 4.69) is 11.9 Å². The standard InChI is InChI=1S/C10H10Cl2FN/c1-3-6(2)14-7-4-8(11)10(13)9(12)5-7/h3-6,14H,1H2,2H3. The summed E-state index contributed by atoms with van der Waals surface area (Å²) in [6.45, 7) is 5.53. The molecule has 0 heterocycles. The Morgan fingerprint density at radius 3 is 2.36 bits per heavy atom. The first-order chi connectivity index (χ1) is 6.54. The van der Waals surface area contributed by atoms with Crippen molar-refractivity contribution in [1.29, 1.82) is 0 Å². The molecule has 0 fully saturated rings. The minimum absolute atomic E-state index is 0.0104. The van der Waals surface area contributed by atoms with Gasteiger partial charge in [0, 0.05) is 11.7 Å². The largest absolute Gasteiger partial charge is 0.379 e. The fraction of sp³-hybridized carbons (Fsp3) is 0.200. The SMILES string of the molecule is C=CC(C)Nc1cc(Cl)c(F)c(Cl)c1. The third-order valence-electron chi connectivity index (χ3n) is 1.73. The van der Waals surface area contributed by atoms with E-state index in [0.29, 0.717) is 5.69 Å². The van der Waals surface area contributed by atoms with Crippen LogP contribution in [-0.2, 0) is 0 Å². The van der Waals surface area contributed by atoms with Gasteiger partial charge in [-0.2, -0.15) is 0 Å². The van der Waals surface area contributed by atoms with Crippen LogP contribution < -0.4 is 5.32 Å². The summed E-state index contributed by atoms with van der Waals surface area (Å²) in [6.07, 6.45) is 1.73. The van der Waals surface area contributed by atoms with Crippen molar-refractivity contribution in [2.45, 2.75) is 13.0 Å². The lowest BCUT2D eigenvalue weighted by molar-refractivity contribution is 0.629. The van der Waals surface area contributed by atoms with E-state index in [1.165, 1.54) is 12.1 Å². The van der Waals surface area contributed by atoms with Crippen molar-refractivity contribution >= 4 is 28.9 Å². The average molecular weight is 234 g/mol. The molecule has 0 bridgehead atoms. The van der Waals surface area contributed by atoms with Gasteiger partial charge in [0.2, 0.25) is 0 Å². The zero-order valence-electron chi connectivity index (χ0n) is 7.65. The van der Waals surface area contributed by atoms with Gasteiger partial charge in [-0.3, -0.25) is 0 Å². The molecule has 1 nitrogen and oxygen atoms in total. The summed E-state index contributed by atoms with van der Waals surface area (Å²) >= 11 is 11.2. The van der Waals surface area contributed by atoms with Gasteiger partial charge >= 0.3 is 0 Å². The molecule has 1 N–H and O–H groups in total. The van der Waals surface area contributed by atoms with Crippen LogP contribution in [-0.4, -0.2) is 6.04 Å². The monoisotopic (exact) mass is 233 g/mol. The molecule has 14 heavy (non-hydrogen) atoms. The highest BCUT2D eigenvalue weighted by atomic mass is 35.5. The number of anilines is 1. The Morgan fingerprint density at radius 1 is 1.43 bits per heavy atom. The molecule has 0 aliphatic carbocycles. The molecule has 76 valence electrons. The second-order valence-electron chi connectivity index (χ2n) is 2.92. The number of hydrogen-bond acceptors (Lipinski definition) is 1. The van der Waals surface area contributed by atoms with E-state index in [-0.39, 0.29) is 16.1 Å². The van der Waals surface area contributed by atoms with Crippen LogP contribution in [0, 0.1) is 5.82 Å². The molecule has 1 aromatic carbocycles. The highest BCUT2D eigenvalue weighted by molar-refractivity contribution is 6.35. The van der Waals surface area contributed by atoms with Gasteiger partial charge in [0.15, 0.2) is 5.82 Å². The van der Waals surface area contributed by atoms with E-state index in [0.717, 1.165) is 0 Å².